The Morgan fingerprint density at radius 1 is 0.542 bits per heavy atom. The third-order valence-corrected chi connectivity index (χ3v) is 13.5. The molecule has 16 nitrogen and oxygen atoms in total. The van der Waals surface area contributed by atoms with Crippen molar-refractivity contribution >= 4 is 43.8 Å². The van der Waals surface area contributed by atoms with E-state index in [2.05, 4.69) is 41.2 Å². The molecule has 2 unspecified atom stereocenters. The quantitative estimate of drug-likeness (QED) is 0.0144. The number of rotatable bonds is 53. The van der Waals surface area contributed by atoms with Crippen molar-refractivity contribution in [2.24, 2.45) is 0 Å². The molecule has 0 spiro atoms. The summed E-state index contributed by atoms with van der Waals surface area (Å²) in [6.45, 7) is 6.01. The number of phosphoric ester groups is 1. The minimum Gasteiger partial charge on any atom is -0.463 e. The molecule has 0 saturated heterocycles. The molecule has 72 heavy (non-hydrogen) atoms. The summed E-state index contributed by atoms with van der Waals surface area (Å²) in [5.41, 5.74) is 0. The van der Waals surface area contributed by atoms with Gasteiger partial charge in [0.05, 0.1) is 31.6 Å². The van der Waals surface area contributed by atoms with Gasteiger partial charge in [-0.05, 0) is 51.4 Å². The number of nitrogens with one attached hydrogen (secondary N) is 3. The Morgan fingerprint density at radius 3 is 1.54 bits per heavy atom. The maximum absolute atomic E-state index is 13.6. The molecule has 0 fully saturated rings. The predicted octanol–water partition coefficient (Wildman–Crippen LogP) is 11.5. The van der Waals surface area contributed by atoms with Gasteiger partial charge in [0.15, 0.2) is 0 Å². The smallest absolute Gasteiger partial charge is 0.463 e. The number of phosphoric acid groups is 1. The SMILES string of the molecule is CCCCCCCCCCCC(=O)O[C@H](CCCCCCCCCCC)CC(=O)NC(CCOP(=O)(O)O)C(=O)NCCCC(COC(=O)CCCCC=O)NC(=O)C[C@H](O)CCCCCCCCCCC. The molecule has 0 aromatic rings. The zero-order valence-corrected chi connectivity index (χ0v) is 46.4. The van der Waals surface area contributed by atoms with Crippen LogP contribution in [0.5, 0.6) is 0 Å². The normalized spacial score (nSPS) is 13.2. The van der Waals surface area contributed by atoms with E-state index in [9.17, 15) is 48.2 Å². The lowest BCUT2D eigenvalue weighted by atomic mass is 10.0. The molecular weight excluding hydrogens is 942 g/mol. The fourth-order valence-electron chi connectivity index (χ4n) is 8.66. The van der Waals surface area contributed by atoms with Gasteiger partial charge in [0.2, 0.25) is 17.7 Å². The van der Waals surface area contributed by atoms with Gasteiger partial charge in [0.25, 0.3) is 0 Å². The zero-order chi connectivity index (χ0) is 53.3. The van der Waals surface area contributed by atoms with Crippen molar-refractivity contribution in [3.05, 3.63) is 0 Å². The molecule has 0 aromatic heterocycles. The molecule has 0 heterocycles. The molecule has 17 heteroatoms. The number of ether oxygens (including phenoxy) is 2. The number of hydrogen-bond acceptors (Lipinski definition) is 11. The molecule has 0 aromatic carbocycles. The Kier molecular flexibility index (Phi) is 47.0. The van der Waals surface area contributed by atoms with Gasteiger partial charge in [-0.1, -0.05) is 181 Å². The van der Waals surface area contributed by atoms with E-state index in [0.29, 0.717) is 44.9 Å². The van der Waals surface area contributed by atoms with Crippen molar-refractivity contribution in [3.63, 3.8) is 0 Å². The van der Waals surface area contributed by atoms with E-state index in [0.717, 1.165) is 76.9 Å². The number of aldehydes is 1. The highest BCUT2D eigenvalue weighted by molar-refractivity contribution is 7.46. The summed E-state index contributed by atoms with van der Waals surface area (Å²) in [5.74, 6) is -2.41. The highest BCUT2D eigenvalue weighted by Gasteiger charge is 2.26. The van der Waals surface area contributed by atoms with Gasteiger partial charge in [-0.25, -0.2) is 4.57 Å². The number of aliphatic hydroxyl groups excluding tert-OH is 1. The fourth-order valence-corrected chi connectivity index (χ4v) is 9.01. The standard InChI is InChI=1S/C55H104N3O13P/c1-4-7-10-13-16-19-22-25-29-36-48(60)44-51(61)57-47(46-69-53(63)38-32-28-33-42-59)35-34-41-56-55(65)50(40-43-70-72(66,67)68)58-52(62)45-49(37-30-26-23-20-17-14-11-8-5-2)71-54(64)39-31-27-24-21-18-15-12-9-6-3/h42,47-50,60H,4-41,43-46H2,1-3H3,(H,56,65)(H,57,61)(H,58,62)(H2,66,67,68)/t47?,48-,49-,50?/m1/s1. The number of carbonyl (C=O) groups is 6. The van der Waals surface area contributed by atoms with Gasteiger partial charge >= 0.3 is 19.8 Å². The third kappa shape index (κ3) is 46.8. The van der Waals surface area contributed by atoms with Crippen molar-refractivity contribution in [2.45, 2.75) is 295 Å². The number of amides is 3. The summed E-state index contributed by atoms with van der Waals surface area (Å²) in [7, 11) is -4.87. The van der Waals surface area contributed by atoms with Crippen LogP contribution in [0, 0.1) is 0 Å². The topological polar surface area (TPSA) is 244 Å². The Balaban J connectivity index is 5.56. The van der Waals surface area contributed by atoms with E-state index in [1.807, 2.05) is 0 Å². The number of aliphatic hydroxyl groups is 1. The maximum Gasteiger partial charge on any atom is 0.469 e. The second-order valence-corrected chi connectivity index (χ2v) is 21.3. The Morgan fingerprint density at radius 2 is 1.01 bits per heavy atom. The molecule has 6 N–H and O–H groups in total. The Bertz CT molecular complexity index is 1420. The molecular formula is C55H104N3O13P. The lowest BCUT2D eigenvalue weighted by molar-refractivity contribution is -0.151. The summed E-state index contributed by atoms with van der Waals surface area (Å²) >= 11 is 0. The van der Waals surface area contributed by atoms with Crippen LogP contribution in [0.4, 0.5) is 0 Å². The van der Waals surface area contributed by atoms with E-state index in [1.54, 1.807) is 0 Å². The van der Waals surface area contributed by atoms with E-state index < -0.39 is 62.4 Å². The average Bonchev–Trinajstić information content (AvgIpc) is 3.33. The fraction of sp³-hybridized carbons (Fsp3) is 0.891. The molecule has 3 amide bonds. The van der Waals surface area contributed by atoms with Crippen molar-refractivity contribution in [1.82, 2.24) is 16.0 Å². The average molecular weight is 1050 g/mol. The first kappa shape index (κ1) is 69.1. The molecule has 0 aliphatic heterocycles. The van der Waals surface area contributed by atoms with Crippen LogP contribution in [0.1, 0.15) is 271 Å². The van der Waals surface area contributed by atoms with Crippen LogP contribution < -0.4 is 16.0 Å². The van der Waals surface area contributed by atoms with Gasteiger partial charge < -0.3 is 45.1 Å². The van der Waals surface area contributed by atoms with Crippen LogP contribution in [0.15, 0.2) is 0 Å². The summed E-state index contributed by atoms with van der Waals surface area (Å²) < 4.78 is 27.5. The summed E-state index contributed by atoms with van der Waals surface area (Å²) in [5, 5.41) is 18.9. The highest BCUT2D eigenvalue weighted by atomic mass is 31.2. The van der Waals surface area contributed by atoms with Crippen LogP contribution in [0.3, 0.4) is 0 Å². The Labute approximate surface area is 435 Å². The summed E-state index contributed by atoms with van der Waals surface area (Å²) in [4.78, 5) is 95.0. The largest absolute Gasteiger partial charge is 0.469 e. The first-order chi connectivity index (χ1) is 34.7. The van der Waals surface area contributed by atoms with Crippen LogP contribution in [-0.4, -0.2) is 94.9 Å². The van der Waals surface area contributed by atoms with E-state index in [1.165, 1.54) is 96.3 Å². The van der Waals surface area contributed by atoms with Gasteiger partial charge in [0.1, 0.15) is 25.0 Å². The van der Waals surface area contributed by atoms with E-state index in [4.69, 9.17) is 9.47 Å². The van der Waals surface area contributed by atoms with Crippen LogP contribution in [0.25, 0.3) is 0 Å². The summed E-state index contributed by atoms with van der Waals surface area (Å²) in [6, 6.07) is -1.87. The van der Waals surface area contributed by atoms with E-state index >= 15 is 0 Å². The monoisotopic (exact) mass is 1050 g/mol. The molecule has 0 radical (unpaired) electrons. The molecule has 0 saturated carbocycles. The predicted molar refractivity (Wildman–Crippen MR) is 285 cm³/mol. The van der Waals surface area contributed by atoms with Crippen molar-refractivity contribution < 1.29 is 62.2 Å². The van der Waals surface area contributed by atoms with Crippen LogP contribution >= 0.6 is 7.82 Å². The second kappa shape index (κ2) is 49.0. The van der Waals surface area contributed by atoms with Gasteiger partial charge in [-0.15, -0.1) is 0 Å². The van der Waals surface area contributed by atoms with Gasteiger partial charge in [-0.2, -0.15) is 0 Å². The Hall–Kier alpha value is -2.91. The van der Waals surface area contributed by atoms with Crippen molar-refractivity contribution in [3.8, 4) is 0 Å². The van der Waals surface area contributed by atoms with Crippen molar-refractivity contribution in [1.29, 1.82) is 0 Å². The van der Waals surface area contributed by atoms with Gasteiger partial charge in [0, 0.05) is 32.2 Å². The zero-order valence-electron chi connectivity index (χ0n) is 45.5. The van der Waals surface area contributed by atoms with Crippen LogP contribution in [0.2, 0.25) is 0 Å². The number of carbonyl (C=O) groups excluding carboxylic acids is 6. The minimum atomic E-state index is -4.87. The maximum atomic E-state index is 13.6. The first-order valence-corrected chi connectivity index (χ1v) is 30.3. The third-order valence-electron chi connectivity index (χ3n) is 13.0. The molecule has 422 valence electrons. The number of esters is 2. The second-order valence-electron chi connectivity index (χ2n) is 20.0. The molecule has 0 aliphatic rings. The first-order valence-electron chi connectivity index (χ1n) is 28.8. The van der Waals surface area contributed by atoms with Crippen molar-refractivity contribution in [2.75, 3.05) is 19.8 Å². The number of unbranched alkanes of at least 4 members (excludes halogenated alkanes) is 26. The molecule has 4 atom stereocenters. The summed E-state index contributed by atoms with van der Waals surface area (Å²) in [6.07, 6.45) is 32.2. The minimum absolute atomic E-state index is 0.0789. The van der Waals surface area contributed by atoms with Crippen LogP contribution in [-0.2, 0) is 47.3 Å². The molecule has 0 bridgehead atoms. The van der Waals surface area contributed by atoms with Gasteiger partial charge in [-0.3, -0.25) is 28.5 Å². The number of hydrogen-bond donors (Lipinski definition) is 6. The molecule has 0 rings (SSSR count). The highest BCUT2D eigenvalue weighted by Crippen LogP contribution is 2.35. The lowest BCUT2D eigenvalue weighted by Gasteiger charge is -2.22. The lowest BCUT2D eigenvalue weighted by Crippen LogP contribution is -2.48. The molecule has 0 aliphatic carbocycles. The van der Waals surface area contributed by atoms with E-state index in [-0.39, 0.29) is 57.6 Å².